The van der Waals surface area contributed by atoms with Crippen LogP contribution in [0.25, 0.3) is 0 Å². The molecule has 4 heteroatoms. The molecule has 2 rings (SSSR count). The predicted octanol–water partition coefficient (Wildman–Crippen LogP) is 1.62. The maximum Gasteiger partial charge on any atom is 0.325 e. The number of imidazole rings is 1. The van der Waals surface area contributed by atoms with Gasteiger partial charge in [0, 0.05) is 23.6 Å². The summed E-state index contributed by atoms with van der Waals surface area (Å²) in [5, 5.41) is 0. The van der Waals surface area contributed by atoms with Crippen LogP contribution in [-0.4, -0.2) is 9.55 Å². The molecule has 1 aromatic heterocycles. The van der Waals surface area contributed by atoms with E-state index in [0.717, 1.165) is 29.1 Å². The number of aromatic nitrogens is 2. The van der Waals surface area contributed by atoms with E-state index < -0.39 is 0 Å². The van der Waals surface area contributed by atoms with Gasteiger partial charge in [0.2, 0.25) is 0 Å². The van der Waals surface area contributed by atoms with E-state index in [4.69, 9.17) is 5.73 Å². The van der Waals surface area contributed by atoms with Gasteiger partial charge in [0.05, 0.1) is 0 Å². The van der Waals surface area contributed by atoms with Gasteiger partial charge in [0.15, 0.2) is 0 Å². The molecule has 0 atom stereocenters. The normalized spacial score (nSPS) is 10.7. The third kappa shape index (κ3) is 2.25. The highest BCUT2D eigenvalue weighted by Crippen LogP contribution is 2.12. The molecule has 0 aliphatic rings. The van der Waals surface area contributed by atoms with Crippen LogP contribution in [0.1, 0.15) is 17.0 Å². The molecule has 0 bridgehead atoms. The van der Waals surface area contributed by atoms with Crippen LogP contribution in [0.4, 0.5) is 5.69 Å². The van der Waals surface area contributed by atoms with Gasteiger partial charge < -0.3 is 10.7 Å². The summed E-state index contributed by atoms with van der Waals surface area (Å²) in [7, 11) is 0. The number of anilines is 1. The predicted molar refractivity (Wildman–Crippen MR) is 69.1 cm³/mol. The third-order valence-electron chi connectivity index (χ3n) is 3.15. The number of H-pyrrole nitrogens is 1. The van der Waals surface area contributed by atoms with Gasteiger partial charge in [-0.2, -0.15) is 0 Å². The maximum atomic E-state index is 11.6. The van der Waals surface area contributed by atoms with Crippen LogP contribution < -0.4 is 11.4 Å². The van der Waals surface area contributed by atoms with Crippen molar-refractivity contribution in [3.05, 3.63) is 51.7 Å². The van der Waals surface area contributed by atoms with Crippen molar-refractivity contribution in [2.24, 2.45) is 0 Å². The number of aromatic amines is 1. The van der Waals surface area contributed by atoms with Crippen LogP contribution >= 0.6 is 0 Å². The van der Waals surface area contributed by atoms with Crippen molar-refractivity contribution in [2.75, 3.05) is 5.73 Å². The molecule has 90 valence electrons. The van der Waals surface area contributed by atoms with Gasteiger partial charge in [-0.05, 0) is 31.9 Å². The summed E-state index contributed by atoms with van der Waals surface area (Å²) < 4.78 is 1.75. The molecule has 0 aliphatic carbocycles. The van der Waals surface area contributed by atoms with Crippen molar-refractivity contribution in [2.45, 2.75) is 26.8 Å². The molecule has 1 heterocycles. The number of nitrogens with zero attached hydrogens (tertiary/aromatic N) is 1. The first kappa shape index (κ1) is 11.5. The lowest BCUT2D eigenvalue weighted by Crippen LogP contribution is -2.19. The zero-order chi connectivity index (χ0) is 12.4. The second-order valence-corrected chi connectivity index (χ2v) is 4.24. The fraction of sp³-hybridized carbons (Fsp3) is 0.308. The summed E-state index contributed by atoms with van der Waals surface area (Å²) in [6.07, 6.45) is 0.769. The Kier molecular flexibility index (Phi) is 3.04. The average Bonchev–Trinajstić information content (AvgIpc) is 2.53. The Bertz CT molecular complexity index is 581. The zero-order valence-corrected chi connectivity index (χ0v) is 10.2. The van der Waals surface area contributed by atoms with E-state index in [1.165, 1.54) is 0 Å². The largest absolute Gasteiger partial charge is 0.399 e. The SMILES string of the molecule is Cc1[nH]c(=O)n(CCc2ccccc2N)c1C. The Balaban J connectivity index is 2.18. The average molecular weight is 231 g/mol. The van der Waals surface area contributed by atoms with Gasteiger partial charge in [-0.25, -0.2) is 4.79 Å². The summed E-state index contributed by atoms with van der Waals surface area (Å²) in [5.41, 5.74) is 9.61. The second-order valence-electron chi connectivity index (χ2n) is 4.24. The Morgan fingerprint density at radius 3 is 2.59 bits per heavy atom. The van der Waals surface area contributed by atoms with Crippen LogP contribution in [0.3, 0.4) is 0 Å². The lowest BCUT2D eigenvalue weighted by molar-refractivity contribution is 0.655. The van der Waals surface area contributed by atoms with E-state index >= 15 is 0 Å². The zero-order valence-electron chi connectivity index (χ0n) is 10.2. The molecule has 0 spiro atoms. The Labute approximate surface area is 100 Å². The number of nitrogens with one attached hydrogen (secondary N) is 1. The van der Waals surface area contributed by atoms with Gasteiger partial charge in [0.25, 0.3) is 0 Å². The monoisotopic (exact) mass is 231 g/mol. The molecule has 0 unspecified atom stereocenters. The van der Waals surface area contributed by atoms with Gasteiger partial charge in [-0.1, -0.05) is 18.2 Å². The number of benzene rings is 1. The molecular formula is C13H17N3O. The minimum absolute atomic E-state index is 0.0468. The minimum Gasteiger partial charge on any atom is -0.399 e. The minimum atomic E-state index is -0.0468. The fourth-order valence-electron chi connectivity index (χ4n) is 1.94. The van der Waals surface area contributed by atoms with Gasteiger partial charge >= 0.3 is 5.69 Å². The molecule has 1 aromatic carbocycles. The van der Waals surface area contributed by atoms with Crippen molar-refractivity contribution in [1.29, 1.82) is 0 Å². The van der Waals surface area contributed by atoms with Crippen LogP contribution in [0.5, 0.6) is 0 Å². The number of aryl methyl sites for hydroxylation is 2. The third-order valence-corrected chi connectivity index (χ3v) is 3.15. The molecule has 0 aliphatic heterocycles. The fourth-order valence-corrected chi connectivity index (χ4v) is 1.94. The van der Waals surface area contributed by atoms with Crippen LogP contribution in [0, 0.1) is 13.8 Å². The topological polar surface area (TPSA) is 63.8 Å². The first-order chi connectivity index (χ1) is 8.09. The van der Waals surface area contributed by atoms with Gasteiger partial charge in [-0.15, -0.1) is 0 Å². The number of para-hydroxylation sites is 1. The van der Waals surface area contributed by atoms with Gasteiger partial charge in [-0.3, -0.25) is 4.57 Å². The molecule has 0 radical (unpaired) electrons. The molecule has 3 N–H and O–H groups in total. The van der Waals surface area contributed by atoms with Crippen LogP contribution in [-0.2, 0) is 13.0 Å². The van der Waals surface area contributed by atoms with E-state index in [1.54, 1.807) is 4.57 Å². The summed E-state index contributed by atoms with van der Waals surface area (Å²) in [6.45, 7) is 4.51. The van der Waals surface area contributed by atoms with Crippen molar-refractivity contribution in [1.82, 2.24) is 9.55 Å². The smallest absolute Gasteiger partial charge is 0.325 e. The first-order valence-electron chi connectivity index (χ1n) is 5.69. The van der Waals surface area contributed by atoms with Crippen molar-refractivity contribution in [3.63, 3.8) is 0 Å². The molecule has 0 saturated heterocycles. The highest BCUT2D eigenvalue weighted by Gasteiger charge is 2.06. The number of hydrogen-bond acceptors (Lipinski definition) is 2. The molecule has 4 nitrogen and oxygen atoms in total. The van der Waals surface area contributed by atoms with E-state index in [0.29, 0.717) is 6.54 Å². The molecule has 0 fully saturated rings. The first-order valence-corrected chi connectivity index (χ1v) is 5.69. The molecule has 2 aromatic rings. The Morgan fingerprint density at radius 1 is 1.29 bits per heavy atom. The van der Waals surface area contributed by atoms with Crippen molar-refractivity contribution >= 4 is 5.69 Å². The Hall–Kier alpha value is -1.97. The van der Waals surface area contributed by atoms with E-state index in [1.807, 2.05) is 38.1 Å². The summed E-state index contributed by atoms with van der Waals surface area (Å²) in [4.78, 5) is 14.4. The quantitative estimate of drug-likeness (QED) is 0.788. The number of nitrogen functional groups attached to an aromatic ring is 1. The van der Waals surface area contributed by atoms with Crippen molar-refractivity contribution < 1.29 is 0 Å². The van der Waals surface area contributed by atoms with E-state index in [-0.39, 0.29) is 5.69 Å². The number of nitrogens with two attached hydrogens (primary N) is 1. The number of hydrogen-bond donors (Lipinski definition) is 2. The molecule has 0 saturated carbocycles. The lowest BCUT2D eigenvalue weighted by atomic mass is 10.1. The molecular weight excluding hydrogens is 214 g/mol. The second kappa shape index (κ2) is 4.49. The maximum absolute atomic E-state index is 11.6. The standard InChI is InChI=1S/C13H17N3O/c1-9-10(2)16(13(17)15-9)8-7-11-5-3-4-6-12(11)14/h3-6H,7-8,14H2,1-2H3,(H,15,17). The summed E-state index contributed by atoms with van der Waals surface area (Å²) in [6, 6.07) is 7.75. The lowest BCUT2D eigenvalue weighted by Gasteiger charge is -2.07. The van der Waals surface area contributed by atoms with E-state index in [2.05, 4.69) is 4.98 Å². The highest BCUT2D eigenvalue weighted by molar-refractivity contribution is 5.46. The highest BCUT2D eigenvalue weighted by atomic mass is 16.1. The van der Waals surface area contributed by atoms with Crippen LogP contribution in [0.15, 0.2) is 29.1 Å². The summed E-state index contributed by atoms with van der Waals surface area (Å²) in [5.74, 6) is 0. The summed E-state index contributed by atoms with van der Waals surface area (Å²) >= 11 is 0. The number of rotatable bonds is 3. The van der Waals surface area contributed by atoms with Gasteiger partial charge in [0.1, 0.15) is 0 Å². The molecule has 0 amide bonds. The van der Waals surface area contributed by atoms with Crippen LogP contribution in [0.2, 0.25) is 0 Å². The van der Waals surface area contributed by atoms with Crippen molar-refractivity contribution in [3.8, 4) is 0 Å². The Morgan fingerprint density at radius 2 is 2.00 bits per heavy atom. The molecule has 17 heavy (non-hydrogen) atoms. The van der Waals surface area contributed by atoms with E-state index in [9.17, 15) is 4.79 Å².